The van der Waals surface area contributed by atoms with Crippen LogP contribution >= 0.6 is 0 Å². The Morgan fingerprint density at radius 3 is 2.47 bits per heavy atom. The Kier molecular flexibility index (Phi) is 5.04. The molecule has 0 atom stereocenters. The highest BCUT2D eigenvalue weighted by atomic mass is 16.5. The van der Waals surface area contributed by atoms with E-state index in [1.54, 1.807) is 0 Å². The minimum absolute atomic E-state index is 0.00345. The van der Waals surface area contributed by atoms with Crippen LogP contribution in [0.25, 0.3) is 0 Å². The van der Waals surface area contributed by atoms with Gasteiger partial charge in [0.25, 0.3) is 0 Å². The van der Waals surface area contributed by atoms with Crippen molar-refractivity contribution in [2.45, 2.75) is 6.42 Å². The highest BCUT2D eigenvalue weighted by Gasteiger charge is 2.03. The van der Waals surface area contributed by atoms with E-state index in [1.807, 2.05) is 0 Å². The van der Waals surface area contributed by atoms with Crippen molar-refractivity contribution >= 4 is 23.8 Å². The first kappa shape index (κ1) is 12.5. The van der Waals surface area contributed by atoms with Gasteiger partial charge in [0.05, 0.1) is 18.7 Å². The molecule has 0 radical (unpaired) electrons. The van der Waals surface area contributed by atoms with Crippen molar-refractivity contribution in [2.24, 2.45) is 9.98 Å². The fraction of sp³-hybridized carbons (Fsp3) is 0.182. The molecular formula is C11H8N2O4. The molecule has 0 aliphatic heterocycles. The van der Waals surface area contributed by atoms with Crippen LogP contribution in [0.1, 0.15) is 6.42 Å². The van der Waals surface area contributed by atoms with Gasteiger partial charge in [-0.2, -0.15) is 4.99 Å². The second-order valence-corrected chi connectivity index (χ2v) is 2.89. The van der Waals surface area contributed by atoms with E-state index in [0.29, 0.717) is 11.4 Å². The van der Waals surface area contributed by atoms with Crippen LogP contribution in [0.2, 0.25) is 0 Å². The first-order valence-corrected chi connectivity index (χ1v) is 4.68. The van der Waals surface area contributed by atoms with Crippen LogP contribution in [0.5, 0.6) is 5.75 Å². The molecule has 0 spiro atoms. The fourth-order valence-corrected chi connectivity index (χ4v) is 1.02. The number of benzene rings is 1. The van der Waals surface area contributed by atoms with Gasteiger partial charge >= 0.3 is 5.97 Å². The smallest absolute Gasteiger partial charge is 0.313 e. The Morgan fingerprint density at radius 1 is 1.18 bits per heavy atom. The van der Waals surface area contributed by atoms with E-state index in [9.17, 15) is 14.4 Å². The number of hydrogen-bond donors (Lipinski definition) is 0. The molecule has 6 heteroatoms. The van der Waals surface area contributed by atoms with Crippen molar-refractivity contribution in [1.82, 2.24) is 0 Å². The Balaban J connectivity index is 2.53. The third-order valence-electron chi connectivity index (χ3n) is 1.74. The highest BCUT2D eigenvalue weighted by Crippen LogP contribution is 2.17. The van der Waals surface area contributed by atoms with Gasteiger partial charge in [-0.25, -0.2) is 14.6 Å². The maximum Gasteiger partial charge on any atom is 0.313 e. The lowest BCUT2D eigenvalue weighted by Crippen LogP contribution is -2.08. The standard InChI is InChI=1S/C11H8N2O4/c14-7-12-6-5-11(16)17-10-3-1-9(2-4-10)13-8-15/h1-4H,5-6H2. The molecule has 0 heterocycles. The Labute approximate surface area is 96.6 Å². The first-order valence-electron chi connectivity index (χ1n) is 4.68. The lowest BCUT2D eigenvalue weighted by molar-refractivity contribution is -0.134. The minimum Gasteiger partial charge on any atom is -0.426 e. The molecule has 0 unspecified atom stereocenters. The largest absolute Gasteiger partial charge is 0.426 e. The molecule has 0 aliphatic carbocycles. The fourth-order valence-electron chi connectivity index (χ4n) is 1.02. The second-order valence-electron chi connectivity index (χ2n) is 2.89. The maximum atomic E-state index is 11.2. The van der Waals surface area contributed by atoms with E-state index in [0.717, 1.165) is 0 Å². The average Bonchev–Trinajstić information content (AvgIpc) is 2.32. The van der Waals surface area contributed by atoms with Gasteiger partial charge in [-0.05, 0) is 24.3 Å². The van der Waals surface area contributed by atoms with Crippen molar-refractivity contribution < 1.29 is 19.1 Å². The lowest BCUT2D eigenvalue weighted by Gasteiger charge is -2.02. The number of esters is 1. The number of carbonyl (C=O) groups is 1. The average molecular weight is 232 g/mol. The zero-order valence-corrected chi connectivity index (χ0v) is 8.75. The van der Waals surface area contributed by atoms with Crippen molar-refractivity contribution in [2.75, 3.05) is 6.54 Å². The molecular weight excluding hydrogens is 224 g/mol. The predicted octanol–water partition coefficient (Wildman–Crippen LogP) is 1.29. The summed E-state index contributed by atoms with van der Waals surface area (Å²) in [6.07, 6.45) is 2.73. The molecule has 1 rings (SSSR count). The molecule has 0 fully saturated rings. The van der Waals surface area contributed by atoms with Gasteiger partial charge in [-0.1, -0.05) is 0 Å². The predicted molar refractivity (Wildman–Crippen MR) is 57.5 cm³/mol. The summed E-state index contributed by atoms with van der Waals surface area (Å²) in [4.78, 5) is 37.5. The van der Waals surface area contributed by atoms with Gasteiger partial charge < -0.3 is 4.74 Å². The van der Waals surface area contributed by atoms with Gasteiger partial charge in [-0.3, -0.25) is 4.79 Å². The molecule has 0 aromatic heterocycles. The molecule has 17 heavy (non-hydrogen) atoms. The molecule has 6 nitrogen and oxygen atoms in total. The molecule has 86 valence electrons. The summed E-state index contributed by atoms with van der Waals surface area (Å²) >= 11 is 0. The first-order chi connectivity index (χ1) is 8.26. The van der Waals surface area contributed by atoms with Crippen LogP contribution in [-0.4, -0.2) is 24.7 Å². The van der Waals surface area contributed by atoms with Crippen LogP contribution in [0.3, 0.4) is 0 Å². The zero-order chi connectivity index (χ0) is 12.5. The van der Waals surface area contributed by atoms with E-state index >= 15 is 0 Å². The van der Waals surface area contributed by atoms with E-state index in [4.69, 9.17) is 4.74 Å². The summed E-state index contributed by atoms with van der Waals surface area (Å²) in [5.41, 5.74) is 0.422. The number of ether oxygens (including phenoxy) is 1. The SMILES string of the molecule is O=C=NCCC(=O)Oc1ccc(N=C=O)cc1. The molecule has 0 saturated heterocycles. The third kappa shape index (κ3) is 4.66. The summed E-state index contributed by atoms with van der Waals surface area (Å²) in [5.74, 6) is -0.175. The van der Waals surface area contributed by atoms with Gasteiger partial charge in [0.2, 0.25) is 12.2 Å². The summed E-state index contributed by atoms with van der Waals surface area (Å²) in [6, 6.07) is 6.02. The van der Waals surface area contributed by atoms with E-state index in [1.165, 1.54) is 36.4 Å². The molecule has 0 bridgehead atoms. The van der Waals surface area contributed by atoms with Gasteiger partial charge in [0.1, 0.15) is 5.75 Å². The van der Waals surface area contributed by atoms with Gasteiger partial charge in [0.15, 0.2) is 0 Å². The van der Waals surface area contributed by atoms with Crippen LogP contribution in [0, 0.1) is 0 Å². The van der Waals surface area contributed by atoms with E-state index < -0.39 is 5.97 Å². The van der Waals surface area contributed by atoms with E-state index in [2.05, 4.69) is 9.98 Å². The normalized spacial score (nSPS) is 8.71. The molecule has 1 aromatic carbocycles. The number of nitrogens with zero attached hydrogens (tertiary/aromatic N) is 2. The molecule has 0 N–H and O–H groups in total. The third-order valence-corrected chi connectivity index (χ3v) is 1.74. The number of isocyanates is 2. The van der Waals surface area contributed by atoms with Crippen LogP contribution in [0.4, 0.5) is 5.69 Å². The topological polar surface area (TPSA) is 85.2 Å². The maximum absolute atomic E-state index is 11.2. The van der Waals surface area contributed by atoms with E-state index in [-0.39, 0.29) is 13.0 Å². The summed E-state index contributed by atoms with van der Waals surface area (Å²) in [5, 5.41) is 0. The van der Waals surface area contributed by atoms with Crippen LogP contribution in [0.15, 0.2) is 34.3 Å². The summed E-state index contributed by atoms with van der Waals surface area (Å²) in [6.45, 7) is 0.0514. The monoisotopic (exact) mass is 232 g/mol. The van der Waals surface area contributed by atoms with Crippen molar-refractivity contribution in [3.63, 3.8) is 0 Å². The lowest BCUT2D eigenvalue weighted by atomic mass is 10.3. The summed E-state index contributed by atoms with van der Waals surface area (Å²) in [7, 11) is 0. The number of rotatable bonds is 5. The van der Waals surface area contributed by atoms with Crippen LogP contribution < -0.4 is 4.74 Å². The Hall–Kier alpha value is -2.55. The Morgan fingerprint density at radius 2 is 1.88 bits per heavy atom. The van der Waals surface area contributed by atoms with Gasteiger partial charge in [0, 0.05) is 0 Å². The second kappa shape index (κ2) is 6.85. The highest BCUT2D eigenvalue weighted by molar-refractivity contribution is 5.72. The summed E-state index contributed by atoms with van der Waals surface area (Å²) < 4.78 is 4.93. The molecule has 0 amide bonds. The number of hydrogen-bond acceptors (Lipinski definition) is 6. The molecule has 0 saturated carbocycles. The number of carbonyl (C=O) groups excluding carboxylic acids is 3. The minimum atomic E-state index is -0.504. The van der Waals surface area contributed by atoms with Crippen molar-refractivity contribution in [3.8, 4) is 5.75 Å². The molecule has 0 aliphatic rings. The number of aliphatic imine (C=N–C) groups is 2. The van der Waals surface area contributed by atoms with Crippen LogP contribution in [-0.2, 0) is 14.4 Å². The van der Waals surface area contributed by atoms with Crippen molar-refractivity contribution in [3.05, 3.63) is 24.3 Å². The quantitative estimate of drug-likeness (QED) is 0.331. The molecule has 1 aromatic rings. The van der Waals surface area contributed by atoms with Gasteiger partial charge in [-0.15, -0.1) is 0 Å². The zero-order valence-electron chi connectivity index (χ0n) is 8.75. The van der Waals surface area contributed by atoms with Crippen molar-refractivity contribution in [1.29, 1.82) is 0 Å². The Bertz CT molecular complexity index is 483.